The summed E-state index contributed by atoms with van der Waals surface area (Å²) < 4.78 is 6.21. The van der Waals surface area contributed by atoms with Crippen LogP contribution < -0.4 is 0 Å². The van der Waals surface area contributed by atoms with Crippen LogP contribution in [-0.4, -0.2) is 29.7 Å². The van der Waals surface area contributed by atoms with Crippen molar-refractivity contribution in [3.63, 3.8) is 0 Å². The molecule has 2 rings (SSSR count). The summed E-state index contributed by atoms with van der Waals surface area (Å²) in [6, 6.07) is 5.92. The second-order valence-corrected chi connectivity index (χ2v) is 7.02. The summed E-state index contributed by atoms with van der Waals surface area (Å²) in [5.74, 6) is 0.345. The van der Waals surface area contributed by atoms with Crippen molar-refractivity contribution in [2.24, 2.45) is 0 Å². The van der Waals surface area contributed by atoms with Crippen molar-refractivity contribution in [1.29, 1.82) is 0 Å². The number of carbonyl (C=O) groups excluding carboxylic acids is 1. The second kappa shape index (κ2) is 5.33. The Morgan fingerprint density at radius 1 is 1.42 bits per heavy atom. The molecule has 5 heteroatoms. The Morgan fingerprint density at radius 2 is 2.05 bits per heavy atom. The first-order valence-corrected chi connectivity index (χ1v) is 7.36. The Labute approximate surface area is 127 Å². The summed E-state index contributed by atoms with van der Waals surface area (Å²) in [6.07, 6.45) is -0.244. The number of hydrogen-bond acceptors (Lipinski definition) is 2. The number of nitrogens with zero attached hydrogens (tertiary/aromatic N) is 1. The van der Waals surface area contributed by atoms with Crippen LogP contribution in [-0.2, 0) is 4.74 Å². The maximum absolute atomic E-state index is 11.8. The number of hydrogen-bond donors (Lipinski definition) is 0. The van der Waals surface area contributed by atoms with Crippen LogP contribution in [0.1, 0.15) is 32.3 Å². The normalized spacial score (nSPS) is 16.2. The molecule has 1 heterocycles. The molecule has 0 N–H and O–H groups in total. The average molecular weight is 347 g/mol. The molecular formula is C14H17BrClNO2. The molecule has 0 atom stereocenters. The molecule has 1 amide bonds. The molecule has 1 saturated heterocycles. The van der Waals surface area contributed by atoms with E-state index in [0.29, 0.717) is 24.0 Å². The molecule has 104 valence electrons. The van der Waals surface area contributed by atoms with E-state index in [9.17, 15) is 4.79 Å². The van der Waals surface area contributed by atoms with Gasteiger partial charge >= 0.3 is 6.09 Å². The highest BCUT2D eigenvalue weighted by Crippen LogP contribution is 2.32. The molecule has 0 saturated carbocycles. The lowest BCUT2D eigenvalue weighted by Gasteiger charge is -2.40. The molecule has 0 unspecified atom stereocenters. The molecule has 19 heavy (non-hydrogen) atoms. The number of benzene rings is 1. The third kappa shape index (κ3) is 3.63. The monoisotopic (exact) mass is 345 g/mol. The minimum absolute atomic E-state index is 0.244. The Morgan fingerprint density at radius 3 is 2.58 bits per heavy atom. The molecule has 0 bridgehead atoms. The van der Waals surface area contributed by atoms with Crippen molar-refractivity contribution < 1.29 is 9.53 Å². The van der Waals surface area contributed by atoms with Gasteiger partial charge in [0.15, 0.2) is 0 Å². The van der Waals surface area contributed by atoms with Gasteiger partial charge in [0.2, 0.25) is 0 Å². The van der Waals surface area contributed by atoms with Crippen molar-refractivity contribution >= 4 is 33.6 Å². The zero-order chi connectivity index (χ0) is 14.2. The van der Waals surface area contributed by atoms with Gasteiger partial charge in [0.25, 0.3) is 0 Å². The summed E-state index contributed by atoms with van der Waals surface area (Å²) in [4.78, 5) is 13.5. The van der Waals surface area contributed by atoms with Gasteiger partial charge in [-0.05, 0) is 54.4 Å². The van der Waals surface area contributed by atoms with Gasteiger partial charge in [-0.3, -0.25) is 0 Å². The number of ether oxygens (including phenoxy) is 1. The van der Waals surface area contributed by atoms with Crippen molar-refractivity contribution in [2.45, 2.75) is 32.3 Å². The van der Waals surface area contributed by atoms with Gasteiger partial charge < -0.3 is 9.64 Å². The standard InChI is InChI=1S/C14H17BrClNO2/c1-14(2,3)19-13(18)17-7-10(8-17)9-4-5-11(15)12(16)6-9/h4-6,10H,7-8H2,1-3H3. The Hall–Kier alpha value is -0.740. The fourth-order valence-electron chi connectivity index (χ4n) is 1.93. The summed E-state index contributed by atoms with van der Waals surface area (Å²) in [5.41, 5.74) is 0.719. The summed E-state index contributed by atoms with van der Waals surface area (Å²) >= 11 is 9.44. The third-order valence-corrected chi connectivity index (χ3v) is 4.18. The van der Waals surface area contributed by atoms with E-state index in [1.807, 2.05) is 39.0 Å². The van der Waals surface area contributed by atoms with E-state index in [1.165, 1.54) is 0 Å². The van der Waals surface area contributed by atoms with Gasteiger partial charge in [-0.1, -0.05) is 17.7 Å². The zero-order valence-electron chi connectivity index (χ0n) is 11.2. The van der Waals surface area contributed by atoms with Crippen LogP contribution in [0.25, 0.3) is 0 Å². The van der Waals surface area contributed by atoms with Gasteiger partial charge in [0.05, 0.1) is 5.02 Å². The van der Waals surface area contributed by atoms with Gasteiger partial charge in [-0.25, -0.2) is 4.79 Å². The van der Waals surface area contributed by atoms with Crippen LogP contribution >= 0.6 is 27.5 Å². The molecule has 1 aromatic carbocycles. The second-order valence-electron chi connectivity index (χ2n) is 5.76. The average Bonchev–Trinajstić information content (AvgIpc) is 2.18. The van der Waals surface area contributed by atoms with E-state index in [0.717, 1.165) is 10.0 Å². The SMILES string of the molecule is CC(C)(C)OC(=O)N1CC(c2ccc(Br)c(Cl)c2)C1. The first-order valence-electron chi connectivity index (χ1n) is 6.19. The fraction of sp³-hybridized carbons (Fsp3) is 0.500. The van der Waals surface area contributed by atoms with Crippen molar-refractivity contribution in [3.8, 4) is 0 Å². The van der Waals surface area contributed by atoms with Crippen molar-refractivity contribution in [1.82, 2.24) is 4.90 Å². The van der Waals surface area contributed by atoms with Crippen LogP contribution in [0.3, 0.4) is 0 Å². The van der Waals surface area contributed by atoms with Crippen molar-refractivity contribution in [3.05, 3.63) is 33.3 Å². The maximum Gasteiger partial charge on any atom is 0.410 e. The molecule has 0 aromatic heterocycles. The third-order valence-electron chi connectivity index (χ3n) is 2.95. The summed E-state index contributed by atoms with van der Waals surface area (Å²) in [6.45, 7) is 6.99. The molecule has 1 aliphatic rings. The van der Waals surface area contributed by atoms with Crippen LogP contribution in [0.4, 0.5) is 4.79 Å². The van der Waals surface area contributed by atoms with E-state index in [-0.39, 0.29) is 6.09 Å². The predicted molar refractivity (Wildman–Crippen MR) is 79.7 cm³/mol. The van der Waals surface area contributed by atoms with E-state index >= 15 is 0 Å². The lowest BCUT2D eigenvalue weighted by Crippen LogP contribution is -2.50. The molecular weight excluding hydrogens is 330 g/mol. The maximum atomic E-state index is 11.8. The Bertz CT molecular complexity index is 493. The van der Waals surface area contributed by atoms with Crippen LogP contribution in [0, 0.1) is 0 Å². The number of carbonyl (C=O) groups is 1. The Balaban J connectivity index is 1.92. The first kappa shape index (κ1) is 14.7. The van der Waals surface area contributed by atoms with E-state index in [2.05, 4.69) is 15.9 Å². The van der Waals surface area contributed by atoms with E-state index in [1.54, 1.807) is 4.90 Å². The van der Waals surface area contributed by atoms with E-state index in [4.69, 9.17) is 16.3 Å². The lowest BCUT2D eigenvalue weighted by molar-refractivity contribution is 0.00820. The molecule has 1 fully saturated rings. The van der Waals surface area contributed by atoms with E-state index < -0.39 is 5.60 Å². The highest BCUT2D eigenvalue weighted by molar-refractivity contribution is 9.10. The summed E-state index contributed by atoms with van der Waals surface area (Å²) in [7, 11) is 0. The van der Waals surface area contributed by atoms with Gasteiger partial charge in [0, 0.05) is 23.5 Å². The molecule has 0 spiro atoms. The quantitative estimate of drug-likeness (QED) is 0.752. The number of likely N-dealkylation sites (tertiary alicyclic amines) is 1. The van der Waals surface area contributed by atoms with Crippen LogP contribution in [0.5, 0.6) is 0 Å². The fourth-order valence-corrected chi connectivity index (χ4v) is 2.37. The minimum Gasteiger partial charge on any atom is -0.444 e. The molecule has 0 radical (unpaired) electrons. The molecule has 1 aliphatic heterocycles. The zero-order valence-corrected chi connectivity index (χ0v) is 13.6. The van der Waals surface area contributed by atoms with Crippen LogP contribution in [0.2, 0.25) is 5.02 Å². The minimum atomic E-state index is -0.441. The number of rotatable bonds is 1. The lowest BCUT2D eigenvalue weighted by atomic mass is 9.92. The topological polar surface area (TPSA) is 29.5 Å². The largest absolute Gasteiger partial charge is 0.444 e. The number of halogens is 2. The molecule has 3 nitrogen and oxygen atoms in total. The number of amides is 1. The first-order chi connectivity index (χ1) is 8.76. The Kier molecular flexibility index (Phi) is 4.11. The highest BCUT2D eigenvalue weighted by Gasteiger charge is 2.34. The van der Waals surface area contributed by atoms with Gasteiger partial charge in [0.1, 0.15) is 5.60 Å². The summed E-state index contributed by atoms with van der Waals surface area (Å²) in [5, 5.41) is 0.702. The predicted octanol–water partition coefficient (Wildman–Crippen LogP) is 4.44. The van der Waals surface area contributed by atoms with Gasteiger partial charge in [-0.2, -0.15) is 0 Å². The van der Waals surface area contributed by atoms with Crippen LogP contribution in [0.15, 0.2) is 22.7 Å². The highest BCUT2D eigenvalue weighted by atomic mass is 79.9. The smallest absolute Gasteiger partial charge is 0.410 e. The van der Waals surface area contributed by atoms with Gasteiger partial charge in [-0.15, -0.1) is 0 Å². The van der Waals surface area contributed by atoms with Crippen molar-refractivity contribution in [2.75, 3.05) is 13.1 Å². The molecule has 0 aliphatic carbocycles. The molecule has 1 aromatic rings.